The molecule has 2 heterocycles. The first-order chi connectivity index (χ1) is 9.84. The summed E-state index contributed by atoms with van der Waals surface area (Å²) in [6.07, 6.45) is -9.19. The van der Waals surface area contributed by atoms with Gasteiger partial charge in [-0.3, -0.25) is 4.79 Å². The number of ether oxygens (including phenoxy) is 2. The van der Waals surface area contributed by atoms with Gasteiger partial charge in [0.05, 0.1) is 5.56 Å². The van der Waals surface area contributed by atoms with Crippen molar-refractivity contribution in [3.8, 4) is 22.8 Å². The molecule has 0 atom stereocenters. The van der Waals surface area contributed by atoms with Gasteiger partial charge in [0.15, 0.2) is 23.5 Å². The number of alkyl halides is 4. The Bertz CT molecular complexity index is 708. The molecular formula is C13H6F4O4. The highest BCUT2D eigenvalue weighted by Gasteiger charge is 2.66. The van der Waals surface area contributed by atoms with E-state index in [1.54, 1.807) is 0 Å². The molecule has 0 radical (unpaired) electrons. The van der Waals surface area contributed by atoms with E-state index in [0.29, 0.717) is 6.29 Å². The monoisotopic (exact) mass is 302 g/mol. The van der Waals surface area contributed by atoms with Gasteiger partial charge in [0.1, 0.15) is 5.76 Å². The normalized spacial score (nSPS) is 18.3. The van der Waals surface area contributed by atoms with Gasteiger partial charge in [-0.25, -0.2) is 0 Å². The molecule has 0 bridgehead atoms. The van der Waals surface area contributed by atoms with Crippen molar-refractivity contribution in [1.82, 2.24) is 0 Å². The Labute approximate surface area is 114 Å². The number of benzene rings is 1. The first-order valence-electron chi connectivity index (χ1n) is 5.66. The highest BCUT2D eigenvalue weighted by molar-refractivity contribution is 5.75. The average molecular weight is 302 g/mol. The Hall–Kier alpha value is -2.51. The smallest absolute Gasteiger partial charge is 0.453 e. The zero-order chi connectivity index (χ0) is 15.3. The lowest BCUT2D eigenvalue weighted by atomic mass is 10.1. The van der Waals surface area contributed by atoms with Crippen LogP contribution in [0.25, 0.3) is 11.3 Å². The van der Waals surface area contributed by atoms with Crippen LogP contribution in [0.4, 0.5) is 17.6 Å². The number of carbonyl (C=O) groups excluding carboxylic acids is 1. The van der Waals surface area contributed by atoms with Gasteiger partial charge in [-0.15, -0.1) is 0 Å². The molecule has 0 spiro atoms. The SMILES string of the molecule is O=Cc1ccc(-c2cccc3c2OC(F)(F)C(F)(F)O3)o1. The molecule has 2 aromatic rings. The lowest BCUT2D eigenvalue weighted by Gasteiger charge is -2.32. The van der Waals surface area contributed by atoms with Gasteiger partial charge >= 0.3 is 12.2 Å². The van der Waals surface area contributed by atoms with Crippen molar-refractivity contribution >= 4 is 6.29 Å². The van der Waals surface area contributed by atoms with Crippen molar-refractivity contribution in [2.75, 3.05) is 0 Å². The lowest BCUT2D eigenvalue weighted by Crippen LogP contribution is -2.52. The number of carbonyl (C=O) groups is 1. The molecule has 1 aliphatic heterocycles. The maximum absolute atomic E-state index is 13.2. The van der Waals surface area contributed by atoms with Gasteiger partial charge in [-0.1, -0.05) is 6.07 Å². The zero-order valence-corrected chi connectivity index (χ0v) is 10.1. The number of aldehydes is 1. The Balaban J connectivity index is 2.12. The molecule has 8 heteroatoms. The van der Waals surface area contributed by atoms with Crippen LogP contribution in [0.1, 0.15) is 10.6 Å². The topological polar surface area (TPSA) is 48.7 Å². The first-order valence-corrected chi connectivity index (χ1v) is 5.66. The fraction of sp³-hybridized carbons (Fsp3) is 0.154. The summed E-state index contributed by atoms with van der Waals surface area (Å²) < 4.78 is 65.8. The Morgan fingerprint density at radius 2 is 1.67 bits per heavy atom. The summed E-state index contributed by atoms with van der Waals surface area (Å²) >= 11 is 0. The summed E-state index contributed by atoms with van der Waals surface area (Å²) in [7, 11) is 0. The molecule has 0 saturated carbocycles. The van der Waals surface area contributed by atoms with E-state index in [-0.39, 0.29) is 17.1 Å². The summed E-state index contributed by atoms with van der Waals surface area (Å²) in [5, 5.41) is 0. The first kappa shape index (κ1) is 13.5. The minimum Gasteiger partial charge on any atom is -0.453 e. The van der Waals surface area contributed by atoms with Crippen LogP contribution in [0.3, 0.4) is 0 Å². The van der Waals surface area contributed by atoms with E-state index in [2.05, 4.69) is 9.47 Å². The van der Waals surface area contributed by atoms with Crippen molar-refractivity contribution in [1.29, 1.82) is 0 Å². The fourth-order valence-corrected chi connectivity index (χ4v) is 1.84. The number of halogens is 4. The van der Waals surface area contributed by atoms with E-state index < -0.39 is 23.7 Å². The summed E-state index contributed by atoms with van der Waals surface area (Å²) in [5.41, 5.74) is -0.0317. The number of para-hydroxylation sites is 1. The average Bonchev–Trinajstić information content (AvgIpc) is 2.87. The Kier molecular flexibility index (Phi) is 2.72. The maximum atomic E-state index is 13.2. The van der Waals surface area contributed by atoms with Gasteiger partial charge < -0.3 is 13.9 Å². The molecule has 0 saturated heterocycles. The van der Waals surface area contributed by atoms with Crippen LogP contribution in [-0.4, -0.2) is 18.5 Å². The second-order valence-corrected chi connectivity index (χ2v) is 4.19. The van der Waals surface area contributed by atoms with Gasteiger partial charge in [-0.05, 0) is 24.3 Å². The molecule has 0 aliphatic carbocycles. The third-order valence-electron chi connectivity index (χ3n) is 2.79. The third kappa shape index (κ3) is 2.03. The molecule has 4 nitrogen and oxygen atoms in total. The van der Waals surface area contributed by atoms with Crippen molar-refractivity contribution in [3.05, 3.63) is 36.1 Å². The highest BCUT2D eigenvalue weighted by Crippen LogP contribution is 2.50. The lowest BCUT2D eigenvalue weighted by molar-refractivity contribution is -0.391. The van der Waals surface area contributed by atoms with Crippen molar-refractivity contribution in [2.24, 2.45) is 0 Å². The molecule has 1 aromatic carbocycles. The van der Waals surface area contributed by atoms with E-state index >= 15 is 0 Å². The largest absolute Gasteiger partial charge is 0.507 e. The number of hydrogen-bond acceptors (Lipinski definition) is 4. The van der Waals surface area contributed by atoms with Crippen LogP contribution >= 0.6 is 0 Å². The van der Waals surface area contributed by atoms with Crippen molar-refractivity contribution in [2.45, 2.75) is 12.2 Å². The van der Waals surface area contributed by atoms with Crippen LogP contribution in [0, 0.1) is 0 Å². The van der Waals surface area contributed by atoms with Crippen LogP contribution in [0.5, 0.6) is 11.5 Å². The van der Waals surface area contributed by atoms with E-state index in [4.69, 9.17) is 4.42 Å². The predicted molar refractivity (Wildman–Crippen MR) is 60.7 cm³/mol. The van der Waals surface area contributed by atoms with E-state index in [9.17, 15) is 22.4 Å². The molecule has 110 valence electrons. The standard InChI is InChI=1S/C13H6F4O4/c14-12(15)13(16,17)21-11-8(2-1-3-10(11)20-12)9-5-4-7(6-18)19-9/h1-6H. The van der Waals surface area contributed by atoms with Gasteiger partial charge in [0, 0.05) is 0 Å². The number of rotatable bonds is 2. The second kappa shape index (κ2) is 4.24. The second-order valence-electron chi connectivity index (χ2n) is 4.19. The quantitative estimate of drug-likeness (QED) is 0.626. The maximum Gasteiger partial charge on any atom is 0.507 e. The number of hydrogen-bond donors (Lipinski definition) is 0. The summed E-state index contributed by atoms with van der Waals surface area (Å²) in [6.45, 7) is 0. The predicted octanol–water partition coefficient (Wildman–Crippen LogP) is 3.72. The molecule has 1 aromatic heterocycles. The molecular weight excluding hydrogens is 296 g/mol. The van der Waals surface area contributed by atoms with Crippen LogP contribution < -0.4 is 9.47 Å². The van der Waals surface area contributed by atoms with E-state index in [0.717, 1.165) is 6.07 Å². The van der Waals surface area contributed by atoms with Crippen LogP contribution in [-0.2, 0) is 0 Å². The third-order valence-corrected chi connectivity index (χ3v) is 2.79. The fourth-order valence-electron chi connectivity index (χ4n) is 1.84. The number of furan rings is 1. The summed E-state index contributed by atoms with van der Waals surface area (Å²) in [4.78, 5) is 10.6. The van der Waals surface area contributed by atoms with Gasteiger partial charge in [0.2, 0.25) is 0 Å². The minimum absolute atomic E-state index is 0.0126. The van der Waals surface area contributed by atoms with Crippen LogP contribution in [0.15, 0.2) is 34.7 Å². The Morgan fingerprint density at radius 1 is 0.952 bits per heavy atom. The molecule has 0 fully saturated rings. The summed E-state index contributed by atoms with van der Waals surface area (Å²) in [5.74, 6) is -1.16. The molecule has 1 aliphatic rings. The molecule has 0 amide bonds. The van der Waals surface area contributed by atoms with Crippen LogP contribution in [0.2, 0.25) is 0 Å². The zero-order valence-electron chi connectivity index (χ0n) is 10.1. The molecule has 3 rings (SSSR count). The summed E-state index contributed by atoms with van der Waals surface area (Å²) in [6, 6.07) is 6.31. The Morgan fingerprint density at radius 3 is 2.33 bits per heavy atom. The molecule has 0 unspecified atom stereocenters. The highest BCUT2D eigenvalue weighted by atomic mass is 19.3. The minimum atomic E-state index is -4.82. The number of fused-ring (bicyclic) bond motifs is 1. The molecule has 0 N–H and O–H groups in total. The van der Waals surface area contributed by atoms with Gasteiger partial charge in [-0.2, -0.15) is 17.6 Å². The van der Waals surface area contributed by atoms with E-state index in [1.807, 2.05) is 0 Å². The van der Waals surface area contributed by atoms with E-state index in [1.165, 1.54) is 24.3 Å². The molecule has 21 heavy (non-hydrogen) atoms. The van der Waals surface area contributed by atoms with Crippen molar-refractivity contribution < 1.29 is 36.2 Å². The van der Waals surface area contributed by atoms with Crippen molar-refractivity contribution in [3.63, 3.8) is 0 Å². The van der Waals surface area contributed by atoms with Gasteiger partial charge in [0.25, 0.3) is 0 Å².